The van der Waals surface area contributed by atoms with Crippen LogP contribution in [0.25, 0.3) is 5.00 Å². The molecule has 7 nitrogen and oxygen atoms in total. The number of halogens is 1. The first-order chi connectivity index (χ1) is 14.4. The number of amides is 1. The van der Waals surface area contributed by atoms with Gasteiger partial charge in [-0.2, -0.15) is 5.10 Å². The Morgan fingerprint density at radius 3 is 2.70 bits per heavy atom. The summed E-state index contributed by atoms with van der Waals surface area (Å²) in [5.74, 6) is -0.539. The van der Waals surface area contributed by atoms with E-state index < -0.39 is 0 Å². The minimum absolute atomic E-state index is 0.207. The van der Waals surface area contributed by atoms with Gasteiger partial charge in [0.25, 0.3) is 5.91 Å². The van der Waals surface area contributed by atoms with Crippen molar-refractivity contribution in [2.75, 3.05) is 0 Å². The van der Waals surface area contributed by atoms with Gasteiger partial charge in [-0.25, -0.2) is 23.4 Å². The van der Waals surface area contributed by atoms with Crippen molar-refractivity contribution in [3.05, 3.63) is 85.0 Å². The summed E-state index contributed by atoms with van der Waals surface area (Å²) in [5.41, 5.74) is 2.03. The lowest BCUT2D eigenvalue weighted by Gasteiger charge is -2.02. The zero-order chi connectivity index (χ0) is 21.3. The van der Waals surface area contributed by atoms with E-state index >= 15 is 0 Å². The SMILES string of the molecule is Cc1nc(CNC(=O)c2sc(-n3cnn(Cc4ccc(F)cc4)c3=O)cc2C)cs1. The minimum atomic E-state index is -0.332. The molecule has 0 aliphatic rings. The minimum Gasteiger partial charge on any atom is -0.346 e. The zero-order valence-electron chi connectivity index (χ0n) is 16.3. The summed E-state index contributed by atoms with van der Waals surface area (Å²) in [4.78, 5) is 30.2. The van der Waals surface area contributed by atoms with E-state index in [1.165, 1.54) is 50.4 Å². The van der Waals surface area contributed by atoms with Gasteiger partial charge < -0.3 is 5.32 Å². The summed E-state index contributed by atoms with van der Waals surface area (Å²) in [6.07, 6.45) is 1.43. The number of nitrogens with zero attached hydrogens (tertiary/aromatic N) is 4. The highest BCUT2D eigenvalue weighted by Crippen LogP contribution is 2.24. The Morgan fingerprint density at radius 1 is 1.23 bits per heavy atom. The average Bonchev–Trinajstić information content (AvgIpc) is 3.41. The first kappa shape index (κ1) is 20.2. The molecule has 30 heavy (non-hydrogen) atoms. The van der Waals surface area contributed by atoms with Crippen molar-refractivity contribution >= 4 is 28.6 Å². The van der Waals surface area contributed by atoms with Crippen LogP contribution in [0.2, 0.25) is 0 Å². The normalized spacial score (nSPS) is 11.0. The first-order valence-corrected chi connectivity index (χ1v) is 10.8. The molecule has 0 aliphatic carbocycles. The number of carbonyl (C=O) groups is 1. The Hall–Kier alpha value is -3.11. The summed E-state index contributed by atoms with van der Waals surface area (Å²) < 4.78 is 15.8. The molecule has 0 saturated carbocycles. The van der Waals surface area contributed by atoms with Gasteiger partial charge in [0.15, 0.2) is 0 Å². The molecular formula is C20H18FN5O2S2. The van der Waals surface area contributed by atoms with E-state index in [-0.39, 0.29) is 24.0 Å². The zero-order valence-corrected chi connectivity index (χ0v) is 17.9. The molecule has 0 spiro atoms. The number of aryl methyl sites for hydroxylation is 2. The van der Waals surface area contributed by atoms with Crippen molar-refractivity contribution in [3.63, 3.8) is 0 Å². The number of hydrogen-bond acceptors (Lipinski definition) is 6. The Balaban J connectivity index is 1.51. The van der Waals surface area contributed by atoms with E-state index in [9.17, 15) is 14.0 Å². The third-order valence-corrected chi connectivity index (χ3v) is 6.48. The van der Waals surface area contributed by atoms with Crippen molar-refractivity contribution in [2.45, 2.75) is 26.9 Å². The van der Waals surface area contributed by atoms with Gasteiger partial charge in [0.05, 0.1) is 28.7 Å². The van der Waals surface area contributed by atoms with E-state index in [4.69, 9.17) is 0 Å². The van der Waals surface area contributed by atoms with Crippen LogP contribution in [0, 0.1) is 19.7 Å². The molecule has 1 N–H and O–H groups in total. The van der Waals surface area contributed by atoms with Gasteiger partial charge in [0.2, 0.25) is 0 Å². The van der Waals surface area contributed by atoms with Crippen LogP contribution in [0.4, 0.5) is 4.39 Å². The molecule has 0 aliphatic heterocycles. The van der Waals surface area contributed by atoms with Crippen molar-refractivity contribution in [3.8, 4) is 5.00 Å². The van der Waals surface area contributed by atoms with Crippen LogP contribution in [0.3, 0.4) is 0 Å². The fourth-order valence-corrected chi connectivity index (χ4v) is 4.58. The molecule has 4 rings (SSSR count). The third kappa shape index (κ3) is 4.24. The van der Waals surface area contributed by atoms with Gasteiger partial charge >= 0.3 is 5.69 Å². The maximum absolute atomic E-state index is 13.1. The molecule has 0 fully saturated rings. The summed E-state index contributed by atoms with van der Waals surface area (Å²) >= 11 is 2.76. The standard InChI is InChI=1S/C20H18FN5O2S2/c1-12-7-17(30-18(12)19(27)22-8-16-10-29-13(2)24-16)25-11-23-26(20(25)28)9-14-3-5-15(21)6-4-14/h3-7,10-11H,8-9H2,1-2H3,(H,22,27). The number of aromatic nitrogens is 4. The van der Waals surface area contributed by atoms with Crippen LogP contribution in [0.5, 0.6) is 0 Å². The van der Waals surface area contributed by atoms with E-state index in [1.807, 2.05) is 19.2 Å². The molecule has 3 heterocycles. The highest BCUT2D eigenvalue weighted by atomic mass is 32.1. The Kier molecular flexibility index (Phi) is 5.60. The van der Waals surface area contributed by atoms with Gasteiger partial charge in [-0.15, -0.1) is 22.7 Å². The Morgan fingerprint density at radius 2 is 2.00 bits per heavy atom. The van der Waals surface area contributed by atoms with Gasteiger partial charge in [-0.1, -0.05) is 12.1 Å². The number of rotatable bonds is 6. The van der Waals surface area contributed by atoms with Crippen LogP contribution < -0.4 is 11.0 Å². The molecule has 0 bridgehead atoms. The highest BCUT2D eigenvalue weighted by Gasteiger charge is 2.17. The molecule has 0 radical (unpaired) electrons. The van der Waals surface area contributed by atoms with Crippen LogP contribution >= 0.6 is 22.7 Å². The number of benzene rings is 1. The Bertz CT molecular complexity index is 1250. The Labute approximate surface area is 179 Å². The van der Waals surface area contributed by atoms with Crippen molar-refractivity contribution in [2.24, 2.45) is 0 Å². The maximum Gasteiger partial charge on any atom is 0.351 e. The second-order valence-corrected chi connectivity index (χ2v) is 8.80. The average molecular weight is 444 g/mol. The number of carbonyl (C=O) groups excluding carboxylic acids is 1. The van der Waals surface area contributed by atoms with E-state index in [0.717, 1.165) is 21.8 Å². The molecule has 10 heteroatoms. The largest absolute Gasteiger partial charge is 0.351 e. The molecule has 154 valence electrons. The monoisotopic (exact) mass is 443 g/mol. The fraction of sp³-hybridized carbons (Fsp3) is 0.200. The molecule has 0 atom stereocenters. The molecule has 0 unspecified atom stereocenters. The summed E-state index contributed by atoms with van der Waals surface area (Å²) in [5, 5.41) is 10.5. The molecule has 0 saturated heterocycles. The van der Waals surface area contributed by atoms with Gasteiger partial charge in [-0.3, -0.25) is 4.79 Å². The molecule has 1 amide bonds. The topological polar surface area (TPSA) is 81.8 Å². The fourth-order valence-electron chi connectivity index (χ4n) is 2.91. The second kappa shape index (κ2) is 8.33. The molecule has 1 aromatic carbocycles. The third-order valence-electron chi connectivity index (χ3n) is 4.42. The van der Waals surface area contributed by atoms with Crippen molar-refractivity contribution in [1.29, 1.82) is 0 Å². The van der Waals surface area contributed by atoms with E-state index in [2.05, 4.69) is 15.4 Å². The smallest absolute Gasteiger partial charge is 0.346 e. The van der Waals surface area contributed by atoms with Crippen LogP contribution in [-0.4, -0.2) is 25.2 Å². The van der Waals surface area contributed by atoms with Crippen LogP contribution in [0.15, 0.2) is 46.8 Å². The quantitative estimate of drug-likeness (QED) is 0.496. The van der Waals surface area contributed by atoms with Crippen molar-refractivity contribution < 1.29 is 9.18 Å². The number of hydrogen-bond donors (Lipinski definition) is 1. The second-order valence-electron chi connectivity index (χ2n) is 6.70. The maximum atomic E-state index is 13.1. The molecule has 4 aromatic rings. The lowest BCUT2D eigenvalue weighted by Crippen LogP contribution is -2.24. The predicted molar refractivity (Wildman–Crippen MR) is 114 cm³/mol. The number of thiazole rings is 1. The van der Waals surface area contributed by atoms with E-state index in [1.54, 1.807) is 18.2 Å². The summed E-state index contributed by atoms with van der Waals surface area (Å²) in [6, 6.07) is 7.71. The highest BCUT2D eigenvalue weighted by molar-refractivity contribution is 7.16. The van der Waals surface area contributed by atoms with Gasteiger partial charge in [-0.05, 0) is 43.2 Å². The summed E-state index contributed by atoms with van der Waals surface area (Å²) in [7, 11) is 0. The molecule has 3 aromatic heterocycles. The van der Waals surface area contributed by atoms with Crippen LogP contribution in [0.1, 0.15) is 31.5 Å². The van der Waals surface area contributed by atoms with E-state index in [0.29, 0.717) is 16.4 Å². The van der Waals surface area contributed by atoms with Crippen molar-refractivity contribution in [1.82, 2.24) is 24.6 Å². The van der Waals surface area contributed by atoms with Gasteiger partial charge in [0, 0.05) is 5.38 Å². The predicted octanol–water partition coefficient (Wildman–Crippen LogP) is 3.29. The van der Waals surface area contributed by atoms with Crippen LogP contribution in [-0.2, 0) is 13.1 Å². The first-order valence-electron chi connectivity index (χ1n) is 9.09. The van der Waals surface area contributed by atoms with Gasteiger partial charge in [0.1, 0.15) is 17.1 Å². The summed E-state index contributed by atoms with van der Waals surface area (Å²) in [6.45, 7) is 4.33. The number of thiophene rings is 1. The lowest BCUT2D eigenvalue weighted by molar-refractivity contribution is 0.0954. The lowest BCUT2D eigenvalue weighted by atomic mass is 10.2. The number of nitrogens with one attached hydrogen (secondary N) is 1. The molecular weight excluding hydrogens is 425 g/mol.